The average Bonchev–Trinajstić information content (AvgIpc) is 2.53. The van der Waals surface area contributed by atoms with Crippen molar-refractivity contribution in [2.75, 3.05) is 26.2 Å². The molecule has 1 fully saturated rings. The Labute approximate surface area is 116 Å². The van der Waals surface area contributed by atoms with E-state index >= 15 is 0 Å². The van der Waals surface area contributed by atoms with Gasteiger partial charge in [0, 0.05) is 32.6 Å². The molecule has 1 aromatic rings. The Morgan fingerprint density at radius 2 is 1.84 bits per heavy atom. The van der Waals surface area contributed by atoms with Gasteiger partial charge in [-0.2, -0.15) is 0 Å². The average molecular weight is 260 g/mol. The number of benzene rings is 1. The molecule has 1 aliphatic rings. The molecule has 3 nitrogen and oxygen atoms in total. The summed E-state index contributed by atoms with van der Waals surface area (Å²) in [5, 5.41) is 3.27. The van der Waals surface area contributed by atoms with E-state index in [0.717, 1.165) is 32.6 Å². The van der Waals surface area contributed by atoms with Gasteiger partial charge in [-0.05, 0) is 43.9 Å². The molecule has 1 N–H and O–H groups in total. The number of carbonyl (C=O) groups excluding carboxylic acids is 1. The maximum Gasteiger partial charge on any atom is 0.223 e. The van der Waals surface area contributed by atoms with Gasteiger partial charge in [-0.15, -0.1) is 0 Å². The molecule has 0 aromatic heterocycles. The second kappa shape index (κ2) is 6.20. The second-order valence-corrected chi connectivity index (χ2v) is 5.51. The van der Waals surface area contributed by atoms with Crippen LogP contribution in [0, 0.1) is 20.8 Å². The standard InChI is InChI=1S/C16H24N2O/c1-12-10-13(2)15(14(3)11-12)5-8-18-9-7-17-6-4-16(18)19/h10-11,17H,4-9H2,1-3H3. The molecule has 0 aliphatic carbocycles. The molecule has 2 rings (SSSR count). The molecule has 1 aliphatic heterocycles. The summed E-state index contributed by atoms with van der Waals surface area (Å²) in [6.07, 6.45) is 1.59. The van der Waals surface area contributed by atoms with Gasteiger partial charge in [0.2, 0.25) is 5.91 Å². The van der Waals surface area contributed by atoms with Gasteiger partial charge in [0.15, 0.2) is 0 Å². The number of hydrogen-bond acceptors (Lipinski definition) is 2. The maximum absolute atomic E-state index is 11.9. The zero-order chi connectivity index (χ0) is 13.8. The SMILES string of the molecule is Cc1cc(C)c(CCN2CCNCCC2=O)c(C)c1. The first-order valence-corrected chi connectivity index (χ1v) is 7.13. The van der Waals surface area contributed by atoms with Crippen molar-refractivity contribution >= 4 is 5.91 Å². The van der Waals surface area contributed by atoms with Crippen molar-refractivity contribution in [1.82, 2.24) is 10.2 Å². The van der Waals surface area contributed by atoms with E-state index < -0.39 is 0 Å². The Balaban J connectivity index is 2.04. The minimum Gasteiger partial charge on any atom is -0.341 e. The van der Waals surface area contributed by atoms with Crippen molar-refractivity contribution in [3.63, 3.8) is 0 Å². The Hall–Kier alpha value is -1.35. The zero-order valence-electron chi connectivity index (χ0n) is 12.3. The van der Waals surface area contributed by atoms with Crippen molar-refractivity contribution in [3.05, 3.63) is 34.4 Å². The van der Waals surface area contributed by atoms with Gasteiger partial charge in [-0.1, -0.05) is 17.7 Å². The largest absolute Gasteiger partial charge is 0.341 e. The fraction of sp³-hybridized carbons (Fsp3) is 0.562. The summed E-state index contributed by atoms with van der Waals surface area (Å²) in [6.45, 7) is 9.87. The lowest BCUT2D eigenvalue weighted by atomic mass is 9.97. The number of hydrogen-bond donors (Lipinski definition) is 1. The second-order valence-electron chi connectivity index (χ2n) is 5.51. The van der Waals surface area contributed by atoms with Gasteiger partial charge in [0.05, 0.1) is 0 Å². The monoisotopic (exact) mass is 260 g/mol. The van der Waals surface area contributed by atoms with Crippen LogP contribution in [-0.4, -0.2) is 37.0 Å². The smallest absolute Gasteiger partial charge is 0.223 e. The highest BCUT2D eigenvalue weighted by molar-refractivity contribution is 5.76. The quantitative estimate of drug-likeness (QED) is 0.901. The van der Waals surface area contributed by atoms with Gasteiger partial charge in [0.25, 0.3) is 0 Å². The van der Waals surface area contributed by atoms with Crippen LogP contribution in [0.3, 0.4) is 0 Å². The first-order valence-electron chi connectivity index (χ1n) is 7.13. The van der Waals surface area contributed by atoms with E-state index in [2.05, 4.69) is 38.2 Å². The molecule has 19 heavy (non-hydrogen) atoms. The van der Waals surface area contributed by atoms with Crippen LogP contribution in [0.25, 0.3) is 0 Å². The third-order valence-corrected chi connectivity index (χ3v) is 3.90. The minimum atomic E-state index is 0.285. The molecule has 1 saturated heterocycles. The van der Waals surface area contributed by atoms with Crippen molar-refractivity contribution in [2.45, 2.75) is 33.6 Å². The normalized spacial score (nSPS) is 16.6. The van der Waals surface area contributed by atoms with Crippen molar-refractivity contribution in [3.8, 4) is 0 Å². The summed E-state index contributed by atoms with van der Waals surface area (Å²) >= 11 is 0. The van der Waals surface area contributed by atoms with Crippen LogP contribution in [0.5, 0.6) is 0 Å². The highest BCUT2D eigenvalue weighted by Crippen LogP contribution is 2.17. The van der Waals surface area contributed by atoms with Crippen molar-refractivity contribution in [2.24, 2.45) is 0 Å². The molecule has 0 unspecified atom stereocenters. The van der Waals surface area contributed by atoms with E-state index in [1.807, 2.05) is 4.90 Å². The van der Waals surface area contributed by atoms with Gasteiger partial charge in [-0.25, -0.2) is 0 Å². The lowest BCUT2D eigenvalue weighted by Gasteiger charge is -2.21. The predicted octanol–water partition coefficient (Wildman–Crippen LogP) is 1.98. The number of nitrogens with one attached hydrogen (secondary N) is 1. The molecular formula is C16H24N2O. The molecule has 0 spiro atoms. The first-order chi connectivity index (χ1) is 9.08. The Bertz CT molecular complexity index is 445. The molecule has 1 amide bonds. The molecule has 0 atom stereocenters. The van der Waals surface area contributed by atoms with Gasteiger partial charge in [-0.3, -0.25) is 4.79 Å². The Morgan fingerprint density at radius 1 is 1.16 bits per heavy atom. The van der Waals surface area contributed by atoms with E-state index in [-0.39, 0.29) is 5.91 Å². The van der Waals surface area contributed by atoms with E-state index in [1.165, 1.54) is 22.3 Å². The molecule has 104 valence electrons. The van der Waals surface area contributed by atoms with E-state index in [0.29, 0.717) is 6.42 Å². The van der Waals surface area contributed by atoms with Crippen LogP contribution in [0.15, 0.2) is 12.1 Å². The zero-order valence-corrected chi connectivity index (χ0v) is 12.3. The van der Waals surface area contributed by atoms with Crippen LogP contribution in [-0.2, 0) is 11.2 Å². The highest BCUT2D eigenvalue weighted by Gasteiger charge is 2.16. The van der Waals surface area contributed by atoms with Gasteiger partial charge < -0.3 is 10.2 Å². The first kappa shape index (κ1) is 14.1. The van der Waals surface area contributed by atoms with Gasteiger partial charge >= 0.3 is 0 Å². The fourth-order valence-corrected chi connectivity index (χ4v) is 2.90. The summed E-state index contributed by atoms with van der Waals surface area (Å²) in [4.78, 5) is 13.9. The molecule has 0 saturated carbocycles. The highest BCUT2D eigenvalue weighted by atomic mass is 16.2. The topological polar surface area (TPSA) is 32.3 Å². The van der Waals surface area contributed by atoms with Crippen LogP contribution in [0.1, 0.15) is 28.7 Å². The lowest BCUT2D eigenvalue weighted by molar-refractivity contribution is -0.130. The molecular weight excluding hydrogens is 236 g/mol. The predicted molar refractivity (Wildman–Crippen MR) is 78.4 cm³/mol. The van der Waals surface area contributed by atoms with Crippen LogP contribution < -0.4 is 5.32 Å². The van der Waals surface area contributed by atoms with Crippen molar-refractivity contribution in [1.29, 1.82) is 0 Å². The summed E-state index contributed by atoms with van der Waals surface area (Å²) in [5.41, 5.74) is 5.40. The third-order valence-electron chi connectivity index (χ3n) is 3.90. The summed E-state index contributed by atoms with van der Waals surface area (Å²) in [6, 6.07) is 4.46. The molecule has 1 heterocycles. The molecule has 1 aromatic carbocycles. The van der Waals surface area contributed by atoms with Gasteiger partial charge in [0.1, 0.15) is 0 Å². The number of amides is 1. The van der Waals surface area contributed by atoms with Crippen LogP contribution in [0.2, 0.25) is 0 Å². The number of rotatable bonds is 3. The minimum absolute atomic E-state index is 0.285. The maximum atomic E-state index is 11.9. The number of aryl methyl sites for hydroxylation is 3. The molecule has 3 heteroatoms. The van der Waals surface area contributed by atoms with E-state index in [1.54, 1.807) is 0 Å². The van der Waals surface area contributed by atoms with Crippen LogP contribution >= 0.6 is 0 Å². The third kappa shape index (κ3) is 3.57. The molecule has 0 bridgehead atoms. The Morgan fingerprint density at radius 3 is 2.53 bits per heavy atom. The van der Waals surface area contributed by atoms with E-state index in [4.69, 9.17) is 0 Å². The fourth-order valence-electron chi connectivity index (χ4n) is 2.90. The van der Waals surface area contributed by atoms with Crippen molar-refractivity contribution < 1.29 is 4.79 Å². The van der Waals surface area contributed by atoms with Crippen LogP contribution in [0.4, 0.5) is 0 Å². The van der Waals surface area contributed by atoms with E-state index in [9.17, 15) is 4.79 Å². The lowest BCUT2D eigenvalue weighted by Crippen LogP contribution is -2.34. The number of nitrogens with zero attached hydrogens (tertiary/aromatic N) is 1. The summed E-state index contributed by atoms with van der Waals surface area (Å²) in [7, 11) is 0. The number of carbonyl (C=O) groups is 1. The molecule has 0 radical (unpaired) electrons. The summed E-state index contributed by atoms with van der Waals surface area (Å²) < 4.78 is 0. The Kier molecular flexibility index (Phi) is 4.59. The summed E-state index contributed by atoms with van der Waals surface area (Å²) in [5.74, 6) is 0.285.